The standard InChI is InChI=1S/C11H14FN/c12-8-9-4-3-6-11-10(9)5-1-2-7-13-11/h3-4,6,13H,1-2,5,7-8H2. The molecule has 70 valence electrons. The van der Waals surface area contributed by atoms with Gasteiger partial charge in [0.25, 0.3) is 0 Å². The Labute approximate surface area is 78.0 Å². The first-order valence-electron chi connectivity index (χ1n) is 4.82. The smallest absolute Gasteiger partial charge is 0.115 e. The maximum atomic E-state index is 12.6. The summed E-state index contributed by atoms with van der Waals surface area (Å²) < 4.78 is 12.6. The zero-order valence-corrected chi connectivity index (χ0v) is 7.65. The molecule has 0 unspecified atom stereocenters. The monoisotopic (exact) mass is 179 g/mol. The Balaban J connectivity index is 2.40. The van der Waals surface area contributed by atoms with Gasteiger partial charge in [0.05, 0.1) is 0 Å². The first kappa shape index (κ1) is 8.54. The molecule has 1 aliphatic heterocycles. The number of nitrogens with one attached hydrogen (secondary N) is 1. The third kappa shape index (κ3) is 1.67. The second kappa shape index (κ2) is 3.77. The third-order valence-corrected chi connectivity index (χ3v) is 2.59. The first-order valence-corrected chi connectivity index (χ1v) is 4.82. The van der Waals surface area contributed by atoms with Crippen LogP contribution in [0.3, 0.4) is 0 Å². The molecule has 0 saturated carbocycles. The number of fused-ring (bicyclic) bond motifs is 1. The Kier molecular flexibility index (Phi) is 2.48. The molecule has 0 atom stereocenters. The zero-order valence-electron chi connectivity index (χ0n) is 7.65. The fraction of sp³-hybridized carbons (Fsp3) is 0.455. The van der Waals surface area contributed by atoms with E-state index in [-0.39, 0.29) is 6.67 Å². The molecule has 0 fully saturated rings. The van der Waals surface area contributed by atoms with Crippen molar-refractivity contribution in [3.63, 3.8) is 0 Å². The van der Waals surface area contributed by atoms with Crippen LogP contribution >= 0.6 is 0 Å². The average molecular weight is 179 g/mol. The van der Waals surface area contributed by atoms with Gasteiger partial charge in [0, 0.05) is 12.2 Å². The lowest BCUT2D eigenvalue weighted by Crippen LogP contribution is -2.00. The molecular formula is C11H14FN. The van der Waals surface area contributed by atoms with Crippen LogP contribution in [0.4, 0.5) is 10.1 Å². The first-order chi connectivity index (χ1) is 6.42. The van der Waals surface area contributed by atoms with Gasteiger partial charge in [-0.2, -0.15) is 0 Å². The predicted octanol–water partition coefficient (Wildman–Crippen LogP) is 2.90. The Morgan fingerprint density at radius 1 is 1.31 bits per heavy atom. The van der Waals surface area contributed by atoms with Crippen LogP contribution in [-0.2, 0) is 13.1 Å². The SMILES string of the molecule is FCc1cccc2c1CCCCN2. The molecule has 1 aliphatic rings. The minimum absolute atomic E-state index is 0.342. The molecular weight excluding hydrogens is 165 g/mol. The third-order valence-electron chi connectivity index (χ3n) is 2.59. The molecule has 0 aliphatic carbocycles. The van der Waals surface area contributed by atoms with Gasteiger partial charge in [-0.3, -0.25) is 0 Å². The number of alkyl halides is 1. The van der Waals surface area contributed by atoms with E-state index in [4.69, 9.17) is 0 Å². The highest BCUT2D eigenvalue weighted by atomic mass is 19.1. The normalized spacial score (nSPS) is 15.8. The van der Waals surface area contributed by atoms with E-state index < -0.39 is 0 Å². The van der Waals surface area contributed by atoms with Crippen LogP contribution in [0.15, 0.2) is 18.2 Å². The topological polar surface area (TPSA) is 12.0 Å². The van der Waals surface area contributed by atoms with Gasteiger partial charge in [0.1, 0.15) is 6.67 Å². The quantitative estimate of drug-likeness (QED) is 0.699. The molecule has 1 aromatic carbocycles. The van der Waals surface area contributed by atoms with Gasteiger partial charge < -0.3 is 5.32 Å². The summed E-state index contributed by atoms with van der Waals surface area (Å²) in [4.78, 5) is 0. The largest absolute Gasteiger partial charge is 0.385 e. The lowest BCUT2D eigenvalue weighted by atomic mass is 10.0. The molecule has 13 heavy (non-hydrogen) atoms. The lowest BCUT2D eigenvalue weighted by molar-refractivity contribution is 0.482. The van der Waals surface area contributed by atoms with E-state index in [1.165, 1.54) is 12.0 Å². The van der Waals surface area contributed by atoms with Crippen molar-refractivity contribution < 1.29 is 4.39 Å². The van der Waals surface area contributed by atoms with Gasteiger partial charge in [-0.05, 0) is 36.5 Å². The number of hydrogen-bond donors (Lipinski definition) is 1. The second-order valence-electron chi connectivity index (χ2n) is 3.46. The maximum Gasteiger partial charge on any atom is 0.115 e. The van der Waals surface area contributed by atoms with Crippen LogP contribution in [0, 0.1) is 0 Å². The molecule has 1 nitrogen and oxygen atoms in total. The molecule has 0 radical (unpaired) electrons. The van der Waals surface area contributed by atoms with E-state index in [0.29, 0.717) is 0 Å². The van der Waals surface area contributed by atoms with E-state index in [9.17, 15) is 4.39 Å². The van der Waals surface area contributed by atoms with E-state index in [1.807, 2.05) is 18.2 Å². The molecule has 1 heterocycles. The summed E-state index contributed by atoms with van der Waals surface area (Å²) in [7, 11) is 0. The zero-order chi connectivity index (χ0) is 9.10. The summed E-state index contributed by atoms with van der Waals surface area (Å²) in [5, 5.41) is 3.33. The van der Waals surface area contributed by atoms with Crippen LogP contribution in [0.25, 0.3) is 0 Å². The molecule has 0 amide bonds. The molecule has 0 spiro atoms. The average Bonchev–Trinajstić information content (AvgIpc) is 2.41. The van der Waals surface area contributed by atoms with E-state index in [1.54, 1.807) is 0 Å². The highest BCUT2D eigenvalue weighted by Crippen LogP contribution is 2.25. The number of anilines is 1. The fourth-order valence-electron chi connectivity index (χ4n) is 1.87. The van der Waals surface area contributed by atoms with E-state index >= 15 is 0 Å². The Hall–Kier alpha value is -1.05. The summed E-state index contributed by atoms with van der Waals surface area (Å²) in [6.07, 6.45) is 3.36. The number of hydrogen-bond acceptors (Lipinski definition) is 1. The highest BCUT2D eigenvalue weighted by molar-refractivity contribution is 5.55. The van der Waals surface area contributed by atoms with E-state index in [0.717, 1.165) is 30.6 Å². The van der Waals surface area contributed by atoms with Crippen LogP contribution in [0.2, 0.25) is 0 Å². The molecule has 1 N–H and O–H groups in total. The molecule has 2 heteroatoms. The summed E-state index contributed by atoms with van der Waals surface area (Å²) in [6, 6.07) is 5.84. The Morgan fingerprint density at radius 3 is 3.08 bits per heavy atom. The summed E-state index contributed by atoms with van der Waals surface area (Å²) in [5.41, 5.74) is 3.17. The maximum absolute atomic E-state index is 12.6. The molecule has 2 rings (SSSR count). The van der Waals surface area contributed by atoms with Crippen molar-refractivity contribution in [2.75, 3.05) is 11.9 Å². The lowest BCUT2D eigenvalue weighted by Gasteiger charge is -2.10. The summed E-state index contributed by atoms with van der Waals surface area (Å²) in [6.45, 7) is 0.674. The van der Waals surface area contributed by atoms with Crippen molar-refractivity contribution in [3.05, 3.63) is 29.3 Å². The predicted molar refractivity (Wildman–Crippen MR) is 52.7 cm³/mol. The van der Waals surface area contributed by atoms with Crippen molar-refractivity contribution >= 4 is 5.69 Å². The van der Waals surface area contributed by atoms with Gasteiger partial charge in [-0.1, -0.05) is 12.1 Å². The van der Waals surface area contributed by atoms with Gasteiger partial charge in [0.15, 0.2) is 0 Å². The minimum atomic E-state index is -0.342. The molecule has 0 bridgehead atoms. The second-order valence-corrected chi connectivity index (χ2v) is 3.46. The van der Waals surface area contributed by atoms with Gasteiger partial charge in [-0.15, -0.1) is 0 Å². The molecule has 0 aromatic heterocycles. The van der Waals surface area contributed by atoms with Gasteiger partial charge >= 0.3 is 0 Å². The van der Waals surface area contributed by atoms with Crippen molar-refractivity contribution in [2.45, 2.75) is 25.9 Å². The van der Waals surface area contributed by atoms with Crippen LogP contribution < -0.4 is 5.32 Å². The Bertz CT molecular complexity index is 296. The van der Waals surface area contributed by atoms with Crippen molar-refractivity contribution in [1.29, 1.82) is 0 Å². The highest BCUT2D eigenvalue weighted by Gasteiger charge is 2.10. The van der Waals surface area contributed by atoms with E-state index in [2.05, 4.69) is 5.32 Å². The number of halogens is 1. The van der Waals surface area contributed by atoms with Crippen LogP contribution in [0.1, 0.15) is 24.0 Å². The molecule has 0 saturated heterocycles. The summed E-state index contributed by atoms with van der Waals surface area (Å²) >= 11 is 0. The van der Waals surface area contributed by atoms with Crippen molar-refractivity contribution in [3.8, 4) is 0 Å². The minimum Gasteiger partial charge on any atom is -0.385 e. The number of rotatable bonds is 1. The summed E-state index contributed by atoms with van der Waals surface area (Å²) in [5.74, 6) is 0. The number of benzene rings is 1. The van der Waals surface area contributed by atoms with Gasteiger partial charge in [0.2, 0.25) is 0 Å². The van der Waals surface area contributed by atoms with Crippen molar-refractivity contribution in [1.82, 2.24) is 0 Å². The van der Waals surface area contributed by atoms with Crippen molar-refractivity contribution in [2.24, 2.45) is 0 Å². The molecule has 1 aromatic rings. The fourth-order valence-corrected chi connectivity index (χ4v) is 1.87. The van der Waals surface area contributed by atoms with Crippen LogP contribution in [-0.4, -0.2) is 6.54 Å². The van der Waals surface area contributed by atoms with Gasteiger partial charge in [-0.25, -0.2) is 4.39 Å². The van der Waals surface area contributed by atoms with Crippen LogP contribution in [0.5, 0.6) is 0 Å². The Morgan fingerprint density at radius 2 is 2.23 bits per heavy atom.